The van der Waals surface area contributed by atoms with E-state index in [-0.39, 0.29) is 11.6 Å². The van der Waals surface area contributed by atoms with Crippen LogP contribution in [0.4, 0.5) is 13.2 Å². The fourth-order valence-electron chi connectivity index (χ4n) is 4.70. The summed E-state index contributed by atoms with van der Waals surface area (Å²) in [7, 11) is 1.49. The normalized spacial score (nSPS) is 17.3. The maximum atomic E-state index is 13.7. The van der Waals surface area contributed by atoms with E-state index in [1.807, 2.05) is 35.2 Å². The molecule has 1 aliphatic heterocycles. The number of carboxylic acid groups (broad SMARTS) is 1. The van der Waals surface area contributed by atoms with Gasteiger partial charge in [-0.3, -0.25) is 9.69 Å². The summed E-state index contributed by atoms with van der Waals surface area (Å²) < 4.78 is 52.6. The van der Waals surface area contributed by atoms with Crippen LogP contribution in [0.5, 0.6) is 11.5 Å². The van der Waals surface area contributed by atoms with Gasteiger partial charge in [0.1, 0.15) is 6.61 Å². The monoisotopic (exact) mass is 533 g/mol. The smallest absolute Gasteiger partial charge is 0.417 e. The van der Waals surface area contributed by atoms with Crippen molar-refractivity contribution in [1.82, 2.24) is 4.90 Å². The van der Waals surface area contributed by atoms with E-state index in [9.17, 15) is 23.1 Å². The van der Waals surface area contributed by atoms with Crippen molar-refractivity contribution in [2.75, 3.05) is 20.2 Å². The highest BCUT2D eigenvalue weighted by Gasteiger charge is 2.36. The zero-order chi connectivity index (χ0) is 26.6. The Bertz CT molecular complexity index is 1240. The number of halogens is 4. The third-order valence-corrected chi connectivity index (χ3v) is 6.85. The van der Waals surface area contributed by atoms with Crippen LogP contribution in [0.3, 0.4) is 0 Å². The maximum Gasteiger partial charge on any atom is 0.417 e. The second-order valence-electron chi connectivity index (χ2n) is 9.00. The lowest BCUT2D eigenvalue weighted by Gasteiger charge is -2.38. The Kier molecular flexibility index (Phi) is 8.29. The summed E-state index contributed by atoms with van der Waals surface area (Å²) in [5, 5.41) is 9.22. The number of methoxy groups -OCH3 is 1. The molecule has 1 aliphatic rings. The summed E-state index contributed by atoms with van der Waals surface area (Å²) in [5.74, 6) is -0.614. The Morgan fingerprint density at radius 3 is 2.46 bits per heavy atom. The highest BCUT2D eigenvalue weighted by atomic mass is 35.5. The van der Waals surface area contributed by atoms with E-state index < -0.39 is 29.7 Å². The van der Waals surface area contributed by atoms with Crippen LogP contribution in [0, 0.1) is 5.92 Å². The van der Waals surface area contributed by atoms with Gasteiger partial charge in [-0.05, 0) is 60.3 Å². The highest BCUT2D eigenvalue weighted by Crippen LogP contribution is 2.41. The van der Waals surface area contributed by atoms with Crippen LogP contribution in [-0.2, 0) is 17.6 Å². The van der Waals surface area contributed by atoms with Crippen molar-refractivity contribution in [2.45, 2.75) is 31.7 Å². The lowest BCUT2D eigenvalue weighted by molar-refractivity contribution is -0.143. The van der Waals surface area contributed by atoms with Crippen LogP contribution in [0.2, 0.25) is 5.02 Å². The molecule has 0 aromatic heterocycles. The largest absolute Gasteiger partial charge is 0.493 e. The highest BCUT2D eigenvalue weighted by molar-refractivity contribution is 6.31. The zero-order valence-electron chi connectivity index (χ0n) is 20.2. The molecule has 3 aromatic rings. The Balaban J connectivity index is 1.73. The molecule has 37 heavy (non-hydrogen) atoms. The first-order valence-corrected chi connectivity index (χ1v) is 12.2. The minimum absolute atomic E-state index is 0.207. The van der Waals surface area contributed by atoms with E-state index in [4.69, 9.17) is 21.1 Å². The van der Waals surface area contributed by atoms with Crippen molar-refractivity contribution >= 4 is 17.6 Å². The van der Waals surface area contributed by atoms with Crippen molar-refractivity contribution in [3.8, 4) is 11.5 Å². The van der Waals surface area contributed by atoms with Crippen molar-refractivity contribution in [2.24, 2.45) is 5.92 Å². The first kappa shape index (κ1) is 26.8. The van der Waals surface area contributed by atoms with Gasteiger partial charge in [-0.1, -0.05) is 54.1 Å². The van der Waals surface area contributed by atoms with Gasteiger partial charge in [0.25, 0.3) is 0 Å². The number of ether oxygens (including phenoxy) is 2. The molecule has 0 radical (unpaired) electrons. The van der Waals surface area contributed by atoms with Crippen molar-refractivity contribution in [3.05, 3.63) is 94.0 Å². The minimum atomic E-state index is -4.63. The summed E-state index contributed by atoms with van der Waals surface area (Å²) in [6, 6.07) is 18.0. The number of hydrogen-bond acceptors (Lipinski definition) is 4. The Morgan fingerprint density at radius 2 is 1.78 bits per heavy atom. The molecular weight excluding hydrogens is 507 g/mol. The molecule has 0 saturated carbocycles. The van der Waals surface area contributed by atoms with E-state index in [1.54, 1.807) is 24.3 Å². The summed E-state index contributed by atoms with van der Waals surface area (Å²) >= 11 is 5.89. The molecule has 0 spiro atoms. The van der Waals surface area contributed by atoms with Gasteiger partial charge in [0.15, 0.2) is 11.5 Å². The molecule has 0 amide bonds. The van der Waals surface area contributed by atoms with Crippen molar-refractivity contribution in [1.29, 1.82) is 0 Å². The van der Waals surface area contributed by atoms with E-state index in [1.165, 1.54) is 13.2 Å². The summed E-state index contributed by atoms with van der Waals surface area (Å²) in [6.07, 6.45) is -3.50. The molecule has 196 valence electrons. The van der Waals surface area contributed by atoms with Crippen LogP contribution < -0.4 is 9.47 Å². The third-order valence-electron chi connectivity index (χ3n) is 6.52. The molecule has 1 fully saturated rings. The van der Waals surface area contributed by atoms with E-state index in [0.717, 1.165) is 11.6 Å². The zero-order valence-corrected chi connectivity index (χ0v) is 20.9. The number of nitrogens with zero attached hydrogens (tertiary/aromatic N) is 1. The fourth-order valence-corrected chi connectivity index (χ4v) is 4.92. The number of carboxylic acids is 1. The van der Waals surface area contributed by atoms with Crippen molar-refractivity contribution < 1.29 is 32.5 Å². The predicted octanol–water partition coefficient (Wildman–Crippen LogP) is 6.83. The molecule has 5 nitrogen and oxygen atoms in total. The maximum absolute atomic E-state index is 13.7. The number of aliphatic carboxylic acids is 1. The first-order chi connectivity index (χ1) is 17.7. The topological polar surface area (TPSA) is 59.0 Å². The summed E-state index contributed by atoms with van der Waals surface area (Å²) in [5.41, 5.74) is 1.06. The van der Waals surface area contributed by atoms with Gasteiger partial charge in [-0.2, -0.15) is 13.2 Å². The molecule has 1 N–H and O–H groups in total. The Labute approximate surface area is 218 Å². The quantitative estimate of drug-likeness (QED) is 0.344. The van der Waals surface area contributed by atoms with Gasteiger partial charge in [-0.15, -0.1) is 0 Å². The SMILES string of the molecule is COc1cc(C(c2ccc(Cl)c(C(F)(F)F)c2)N2CCCC(C(=O)O)C2)ccc1OCc1ccccc1. The first-order valence-electron chi connectivity index (χ1n) is 11.9. The molecule has 3 aromatic carbocycles. The van der Waals surface area contributed by atoms with E-state index in [2.05, 4.69) is 0 Å². The second kappa shape index (κ2) is 11.4. The summed E-state index contributed by atoms with van der Waals surface area (Å²) in [4.78, 5) is 13.6. The van der Waals surface area contributed by atoms with E-state index >= 15 is 0 Å². The van der Waals surface area contributed by atoms with Gasteiger partial charge in [-0.25, -0.2) is 0 Å². The molecular formula is C28H27ClF3NO4. The van der Waals surface area contributed by atoms with Crippen LogP contribution >= 0.6 is 11.6 Å². The average molecular weight is 534 g/mol. The number of carbonyl (C=O) groups is 1. The van der Waals surface area contributed by atoms with Gasteiger partial charge in [0.2, 0.25) is 0 Å². The lowest BCUT2D eigenvalue weighted by atomic mass is 9.90. The number of alkyl halides is 3. The minimum Gasteiger partial charge on any atom is -0.493 e. The lowest BCUT2D eigenvalue weighted by Crippen LogP contribution is -2.41. The number of hydrogen-bond donors (Lipinski definition) is 1. The number of benzene rings is 3. The predicted molar refractivity (Wildman–Crippen MR) is 134 cm³/mol. The van der Waals surface area contributed by atoms with E-state index in [0.29, 0.717) is 48.6 Å². The van der Waals surface area contributed by atoms with Crippen LogP contribution in [0.15, 0.2) is 66.7 Å². The van der Waals surface area contributed by atoms with Gasteiger partial charge in [0.05, 0.1) is 29.7 Å². The molecule has 2 atom stereocenters. The Hall–Kier alpha value is -3.23. The number of piperidine rings is 1. The number of rotatable bonds is 8. The van der Waals surface area contributed by atoms with Crippen LogP contribution in [-0.4, -0.2) is 36.2 Å². The number of likely N-dealkylation sites (tertiary alicyclic amines) is 1. The third kappa shape index (κ3) is 6.37. The fraction of sp³-hybridized carbons (Fsp3) is 0.321. The average Bonchev–Trinajstić information content (AvgIpc) is 2.89. The standard InChI is InChI=1S/C28H27ClF3NO4/c1-36-25-15-20(10-12-24(25)37-17-18-6-3-2-4-7-18)26(33-13-5-8-21(16-33)27(34)35)19-9-11-23(29)22(14-19)28(30,31)32/h2-4,6-7,9-12,14-15,21,26H,5,8,13,16-17H2,1H3,(H,34,35). The molecule has 9 heteroatoms. The Morgan fingerprint density at radius 1 is 1.08 bits per heavy atom. The molecule has 0 aliphatic carbocycles. The van der Waals surface area contributed by atoms with Crippen LogP contribution in [0.1, 0.15) is 41.1 Å². The van der Waals surface area contributed by atoms with Gasteiger partial charge in [0, 0.05) is 6.54 Å². The van der Waals surface area contributed by atoms with Gasteiger partial charge >= 0.3 is 12.1 Å². The molecule has 2 unspecified atom stereocenters. The van der Waals surface area contributed by atoms with Crippen molar-refractivity contribution in [3.63, 3.8) is 0 Å². The summed E-state index contributed by atoms with van der Waals surface area (Å²) in [6.45, 7) is 1.06. The molecule has 0 bridgehead atoms. The van der Waals surface area contributed by atoms with Crippen LogP contribution in [0.25, 0.3) is 0 Å². The molecule has 1 saturated heterocycles. The molecule has 1 heterocycles. The second-order valence-corrected chi connectivity index (χ2v) is 9.40. The molecule has 4 rings (SSSR count). The van der Waals surface area contributed by atoms with Gasteiger partial charge < -0.3 is 14.6 Å².